The molecular formula is C11H11F3O3. The van der Waals surface area contributed by atoms with Crippen molar-refractivity contribution in [1.82, 2.24) is 0 Å². The second kappa shape index (κ2) is 5.18. The number of esters is 1. The lowest BCUT2D eigenvalue weighted by molar-refractivity contribution is -0.189. The summed E-state index contributed by atoms with van der Waals surface area (Å²) in [5.74, 6) is -6.72. The van der Waals surface area contributed by atoms with Crippen LogP contribution in [0.15, 0.2) is 24.3 Å². The van der Waals surface area contributed by atoms with E-state index in [4.69, 9.17) is 0 Å². The second-order valence-corrected chi connectivity index (χ2v) is 3.30. The highest BCUT2D eigenvalue weighted by atomic mass is 19.3. The first-order chi connectivity index (χ1) is 7.89. The lowest BCUT2D eigenvalue weighted by Crippen LogP contribution is -2.37. The van der Waals surface area contributed by atoms with Gasteiger partial charge in [-0.25, -0.2) is 9.18 Å². The third-order valence-corrected chi connectivity index (χ3v) is 2.06. The summed E-state index contributed by atoms with van der Waals surface area (Å²) in [4.78, 5) is 10.9. The molecule has 17 heavy (non-hydrogen) atoms. The Hall–Kier alpha value is -1.56. The van der Waals surface area contributed by atoms with Gasteiger partial charge < -0.3 is 9.84 Å². The van der Waals surface area contributed by atoms with Gasteiger partial charge in [-0.05, 0) is 24.6 Å². The van der Waals surface area contributed by atoms with E-state index < -0.39 is 23.8 Å². The molecule has 0 bridgehead atoms. The monoisotopic (exact) mass is 248 g/mol. The van der Waals surface area contributed by atoms with E-state index in [1.54, 1.807) is 0 Å². The van der Waals surface area contributed by atoms with Crippen molar-refractivity contribution in [3.63, 3.8) is 0 Å². The molecule has 0 fully saturated rings. The minimum absolute atomic E-state index is 0.232. The fourth-order valence-electron chi connectivity index (χ4n) is 1.22. The third-order valence-electron chi connectivity index (χ3n) is 2.06. The van der Waals surface area contributed by atoms with Gasteiger partial charge in [0.25, 0.3) is 0 Å². The zero-order valence-electron chi connectivity index (χ0n) is 8.99. The van der Waals surface area contributed by atoms with E-state index in [1.807, 2.05) is 0 Å². The molecule has 1 N–H and O–H groups in total. The van der Waals surface area contributed by atoms with E-state index in [9.17, 15) is 23.1 Å². The van der Waals surface area contributed by atoms with Gasteiger partial charge in [0.2, 0.25) is 0 Å². The maximum atomic E-state index is 13.4. The van der Waals surface area contributed by atoms with Crippen molar-refractivity contribution in [2.24, 2.45) is 0 Å². The third kappa shape index (κ3) is 2.97. The van der Waals surface area contributed by atoms with Crippen molar-refractivity contribution >= 4 is 5.97 Å². The van der Waals surface area contributed by atoms with Gasteiger partial charge in [-0.2, -0.15) is 8.78 Å². The fourth-order valence-corrected chi connectivity index (χ4v) is 1.22. The molecule has 0 radical (unpaired) electrons. The first kappa shape index (κ1) is 13.5. The molecule has 0 aliphatic carbocycles. The molecule has 0 saturated carbocycles. The van der Waals surface area contributed by atoms with Crippen molar-refractivity contribution in [2.45, 2.75) is 19.0 Å². The molecule has 1 unspecified atom stereocenters. The van der Waals surface area contributed by atoms with E-state index in [2.05, 4.69) is 4.74 Å². The number of halogens is 3. The lowest BCUT2D eigenvalue weighted by Gasteiger charge is -2.20. The molecule has 0 aliphatic heterocycles. The van der Waals surface area contributed by atoms with Gasteiger partial charge in [0, 0.05) is 0 Å². The summed E-state index contributed by atoms with van der Waals surface area (Å²) in [5, 5.41) is 9.35. The number of hydrogen-bond acceptors (Lipinski definition) is 3. The molecule has 0 aliphatic rings. The smallest absolute Gasteiger partial charge is 0.380 e. The molecule has 1 atom stereocenters. The molecule has 6 heteroatoms. The number of carbonyl (C=O) groups is 1. The van der Waals surface area contributed by atoms with Gasteiger partial charge in [-0.15, -0.1) is 0 Å². The highest BCUT2D eigenvalue weighted by molar-refractivity contribution is 5.78. The molecule has 0 aromatic heterocycles. The van der Waals surface area contributed by atoms with E-state index in [1.165, 1.54) is 6.92 Å². The van der Waals surface area contributed by atoms with Crippen LogP contribution in [-0.2, 0) is 9.53 Å². The van der Waals surface area contributed by atoms with Crippen LogP contribution in [0.25, 0.3) is 0 Å². The van der Waals surface area contributed by atoms with Crippen molar-refractivity contribution in [3.8, 4) is 0 Å². The molecule has 0 saturated heterocycles. The fraction of sp³-hybridized carbons (Fsp3) is 0.364. The molecule has 1 aromatic rings. The van der Waals surface area contributed by atoms with Crippen molar-refractivity contribution in [2.75, 3.05) is 6.61 Å². The first-order valence-electron chi connectivity index (χ1n) is 4.88. The zero-order chi connectivity index (χ0) is 13.1. The maximum Gasteiger partial charge on any atom is 0.380 e. The predicted molar refractivity (Wildman–Crippen MR) is 52.9 cm³/mol. The molecule has 0 amide bonds. The van der Waals surface area contributed by atoms with Crippen LogP contribution >= 0.6 is 0 Å². The average Bonchev–Trinajstić information content (AvgIpc) is 2.28. The van der Waals surface area contributed by atoms with Gasteiger partial charge in [-0.1, -0.05) is 12.1 Å². The summed E-state index contributed by atoms with van der Waals surface area (Å²) in [6.45, 7) is 1.13. The molecule has 3 nitrogen and oxygen atoms in total. The number of ether oxygens (including phenoxy) is 1. The number of aliphatic hydroxyl groups excluding tert-OH is 1. The van der Waals surface area contributed by atoms with Gasteiger partial charge in [-0.3, -0.25) is 0 Å². The quantitative estimate of drug-likeness (QED) is 0.829. The average molecular weight is 248 g/mol. The molecule has 0 spiro atoms. The van der Waals surface area contributed by atoms with Crippen LogP contribution in [-0.4, -0.2) is 23.6 Å². The lowest BCUT2D eigenvalue weighted by atomic mass is 10.0. The summed E-state index contributed by atoms with van der Waals surface area (Å²) >= 11 is 0. The Morgan fingerprint density at radius 1 is 1.53 bits per heavy atom. The van der Waals surface area contributed by atoms with Crippen LogP contribution in [0.5, 0.6) is 0 Å². The Morgan fingerprint density at radius 3 is 2.71 bits per heavy atom. The summed E-state index contributed by atoms with van der Waals surface area (Å²) in [6, 6.07) is 4.03. The Balaban J connectivity index is 2.95. The minimum atomic E-state index is -4.11. The molecule has 1 aromatic carbocycles. The number of alkyl halides is 2. The zero-order valence-corrected chi connectivity index (χ0v) is 8.99. The van der Waals surface area contributed by atoms with Crippen molar-refractivity contribution in [1.29, 1.82) is 0 Å². The van der Waals surface area contributed by atoms with Crippen LogP contribution in [0.1, 0.15) is 18.6 Å². The van der Waals surface area contributed by atoms with Gasteiger partial charge in [0.1, 0.15) is 5.82 Å². The number of aliphatic hydroxyl groups is 1. The van der Waals surface area contributed by atoms with Crippen LogP contribution in [0, 0.1) is 5.82 Å². The van der Waals surface area contributed by atoms with Crippen LogP contribution in [0.2, 0.25) is 0 Å². The van der Waals surface area contributed by atoms with E-state index in [-0.39, 0.29) is 12.2 Å². The molecular weight excluding hydrogens is 237 g/mol. The number of benzene rings is 1. The Kier molecular flexibility index (Phi) is 4.11. The number of rotatable bonds is 4. The summed E-state index contributed by atoms with van der Waals surface area (Å²) in [7, 11) is 0. The molecule has 1 rings (SSSR count). The maximum absolute atomic E-state index is 13.4. The van der Waals surface area contributed by atoms with Gasteiger partial charge in [0.15, 0.2) is 6.10 Å². The Bertz CT molecular complexity index is 407. The highest BCUT2D eigenvalue weighted by Gasteiger charge is 2.49. The minimum Gasteiger partial charge on any atom is -0.461 e. The van der Waals surface area contributed by atoms with Crippen molar-refractivity contribution < 1.29 is 27.8 Å². The first-order valence-corrected chi connectivity index (χ1v) is 4.88. The van der Waals surface area contributed by atoms with E-state index in [0.717, 1.165) is 24.3 Å². The van der Waals surface area contributed by atoms with Gasteiger partial charge >= 0.3 is 11.9 Å². The van der Waals surface area contributed by atoms with E-state index >= 15 is 0 Å². The predicted octanol–water partition coefficient (Wildman–Crippen LogP) is 2.06. The van der Waals surface area contributed by atoms with Gasteiger partial charge in [0.05, 0.1) is 6.61 Å². The SMILES string of the molecule is CCOC(=O)C(F)(F)C(O)c1cccc(F)c1. The number of hydrogen-bond donors (Lipinski definition) is 1. The second-order valence-electron chi connectivity index (χ2n) is 3.30. The summed E-state index contributed by atoms with van der Waals surface area (Å²) in [5.41, 5.74) is -0.386. The topological polar surface area (TPSA) is 46.5 Å². The summed E-state index contributed by atoms with van der Waals surface area (Å²) < 4.78 is 43.7. The van der Waals surface area contributed by atoms with E-state index in [0.29, 0.717) is 0 Å². The van der Waals surface area contributed by atoms with Crippen LogP contribution in [0.4, 0.5) is 13.2 Å². The Morgan fingerprint density at radius 2 is 2.18 bits per heavy atom. The largest absolute Gasteiger partial charge is 0.461 e. The molecule has 0 heterocycles. The number of carbonyl (C=O) groups excluding carboxylic acids is 1. The molecule has 94 valence electrons. The summed E-state index contributed by atoms with van der Waals surface area (Å²) in [6.07, 6.45) is -2.43. The van der Waals surface area contributed by atoms with Crippen LogP contribution in [0.3, 0.4) is 0 Å². The standard InChI is InChI=1S/C11H11F3O3/c1-2-17-10(16)11(13,14)9(15)7-4-3-5-8(12)6-7/h3-6,9,15H,2H2,1H3. The van der Waals surface area contributed by atoms with Crippen molar-refractivity contribution in [3.05, 3.63) is 35.6 Å². The highest BCUT2D eigenvalue weighted by Crippen LogP contribution is 2.32. The Labute approximate surface area is 95.8 Å². The van der Waals surface area contributed by atoms with Crippen LogP contribution < -0.4 is 0 Å². The normalized spacial score (nSPS) is 13.2.